The molecule has 4 aromatic rings. The van der Waals surface area contributed by atoms with Crippen LogP contribution in [0.3, 0.4) is 0 Å². The number of benzene rings is 3. The first-order chi connectivity index (χ1) is 15.0. The van der Waals surface area contributed by atoms with Crippen LogP contribution < -0.4 is 5.56 Å². The van der Waals surface area contributed by atoms with E-state index in [2.05, 4.69) is 0 Å². The van der Waals surface area contributed by atoms with Crippen molar-refractivity contribution in [3.05, 3.63) is 100 Å². The molecule has 0 saturated carbocycles. The molecule has 1 amide bonds. The fraction of sp³-hybridized carbons (Fsp3) is 0.160. The van der Waals surface area contributed by atoms with Gasteiger partial charge in [-0.15, -0.1) is 0 Å². The van der Waals surface area contributed by atoms with Crippen LogP contribution >= 0.6 is 11.8 Å². The van der Waals surface area contributed by atoms with E-state index in [0.29, 0.717) is 16.1 Å². The number of likely N-dealkylation sites (N-methyl/N-ethyl adjacent to an activating group) is 1. The molecule has 5 nitrogen and oxygen atoms in total. The van der Waals surface area contributed by atoms with E-state index < -0.39 is 5.25 Å². The summed E-state index contributed by atoms with van der Waals surface area (Å²) >= 11 is 1.30. The molecule has 0 bridgehead atoms. The Morgan fingerprint density at radius 1 is 0.935 bits per heavy atom. The molecule has 1 aromatic heterocycles. The number of nitrogens with zero attached hydrogens (tertiary/aromatic N) is 3. The van der Waals surface area contributed by atoms with Crippen molar-refractivity contribution >= 4 is 28.6 Å². The number of amides is 1. The maximum atomic E-state index is 13.5. The first-order valence-electron chi connectivity index (χ1n) is 9.98. The van der Waals surface area contributed by atoms with Crippen molar-refractivity contribution in [2.75, 3.05) is 14.1 Å². The zero-order chi connectivity index (χ0) is 22.0. The molecule has 0 N–H and O–H groups in total. The van der Waals surface area contributed by atoms with Gasteiger partial charge in [0, 0.05) is 14.1 Å². The van der Waals surface area contributed by atoms with Crippen LogP contribution in [0.15, 0.2) is 88.8 Å². The quantitative estimate of drug-likeness (QED) is 0.343. The number of aryl methyl sites for hydroxylation is 1. The molecule has 0 saturated heterocycles. The summed E-state index contributed by atoms with van der Waals surface area (Å²) in [6.07, 6.45) is 0. The molecule has 31 heavy (non-hydrogen) atoms. The van der Waals surface area contributed by atoms with Gasteiger partial charge in [-0.1, -0.05) is 72.4 Å². The van der Waals surface area contributed by atoms with Gasteiger partial charge in [0.1, 0.15) is 5.25 Å². The minimum atomic E-state index is -0.528. The maximum Gasteiger partial charge on any atom is 0.266 e. The zero-order valence-corrected chi connectivity index (χ0v) is 18.5. The second-order valence-electron chi connectivity index (χ2n) is 7.48. The standard InChI is InChI=1S/C25H23N3O2S/c1-17-11-7-10-16-21(17)28-23(29)19-14-8-9-15-20(19)26-25(28)31-22(24(30)27(2)3)18-12-5-4-6-13-18/h4-16,22H,1-3H3/t22-/m0/s1. The topological polar surface area (TPSA) is 55.2 Å². The van der Waals surface area contributed by atoms with Crippen molar-refractivity contribution in [1.82, 2.24) is 14.5 Å². The summed E-state index contributed by atoms with van der Waals surface area (Å²) in [5, 5.41) is 0.506. The first kappa shape index (κ1) is 20.9. The maximum absolute atomic E-state index is 13.5. The number of carbonyl (C=O) groups excluding carboxylic acids is 1. The molecule has 0 aliphatic carbocycles. The van der Waals surface area contributed by atoms with Gasteiger partial charge in [-0.2, -0.15) is 0 Å². The van der Waals surface area contributed by atoms with Crippen LogP contribution in [-0.2, 0) is 4.79 Å². The molecule has 0 fully saturated rings. The van der Waals surface area contributed by atoms with Gasteiger partial charge in [0.15, 0.2) is 5.16 Å². The minimum absolute atomic E-state index is 0.0602. The number of para-hydroxylation sites is 2. The van der Waals surface area contributed by atoms with Gasteiger partial charge < -0.3 is 4.90 Å². The predicted octanol–water partition coefficient (Wildman–Crippen LogP) is 4.62. The monoisotopic (exact) mass is 429 g/mol. The van der Waals surface area contributed by atoms with Crippen LogP contribution in [0.25, 0.3) is 16.6 Å². The fourth-order valence-corrected chi connectivity index (χ4v) is 4.70. The molecule has 0 unspecified atom stereocenters. The van der Waals surface area contributed by atoms with Gasteiger partial charge in [-0.3, -0.25) is 14.2 Å². The number of aromatic nitrogens is 2. The molecule has 3 aromatic carbocycles. The number of carbonyl (C=O) groups is 1. The van der Waals surface area contributed by atoms with E-state index >= 15 is 0 Å². The van der Waals surface area contributed by atoms with E-state index in [9.17, 15) is 9.59 Å². The highest BCUT2D eigenvalue weighted by atomic mass is 32.2. The molecule has 0 radical (unpaired) electrons. The Kier molecular flexibility index (Phi) is 5.91. The van der Waals surface area contributed by atoms with Crippen molar-refractivity contribution in [3.63, 3.8) is 0 Å². The normalized spacial score (nSPS) is 12.0. The Morgan fingerprint density at radius 3 is 2.29 bits per heavy atom. The smallest absolute Gasteiger partial charge is 0.266 e. The van der Waals surface area contributed by atoms with E-state index in [-0.39, 0.29) is 11.5 Å². The number of hydrogen-bond acceptors (Lipinski definition) is 4. The summed E-state index contributed by atoms with van der Waals surface area (Å²) in [6.45, 7) is 1.96. The molecule has 6 heteroatoms. The Bertz CT molecular complexity index is 1300. The van der Waals surface area contributed by atoms with Crippen molar-refractivity contribution in [3.8, 4) is 5.69 Å². The summed E-state index contributed by atoms with van der Waals surface area (Å²) in [6, 6.07) is 24.6. The highest BCUT2D eigenvalue weighted by Crippen LogP contribution is 2.36. The lowest BCUT2D eigenvalue weighted by atomic mass is 10.1. The lowest BCUT2D eigenvalue weighted by Gasteiger charge is -2.22. The van der Waals surface area contributed by atoms with Crippen molar-refractivity contribution in [2.24, 2.45) is 0 Å². The lowest BCUT2D eigenvalue weighted by Crippen LogP contribution is -2.28. The fourth-order valence-electron chi connectivity index (χ4n) is 3.45. The first-order valence-corrected chi connectivity index (χ1v) is 10.9. The summed E-state index contributed by atoms with van der Waals surface area (Å²) in [7, 11) is 3.47. The molecule has 0 spiro atoms. The SMILES string of the molecule is Cc1ccccc1-n1c(S[C@H](C(=O)N(C)C)c2ccccc2)nc2ccccc2c1=O. The highest BCUT2D eigenvalue weighted by molar-refractivity contribution is 8.00. The second kappa shape index (κ2) is 8.78. The van der Waals surface area contributed by atoms with Crippen molar-refractivity contribution in [1.29, 1.82) is 0 Å². The van der Waals surface area contributed by atoms with Crippen LogP contribution in [0.2, 0.25) is 0 Å². The molecule has 1 atom stereocenters. The van der Waals surface area contributed by atoms with Crippen LogP contribution in [0.4, 0.5) is 0 Å². The molecular formula is C25H23N3O2S. The average molecular weight is 430 g/mol. The Morgan fingerprint density at radius 2 is 1.58 bits per heavy atom. The highest BCUT2D eigenvalue weighted by Gasteiger charge is 2.27. The Hall–Kier alpha value is -3.38. The third-order valence-electron chi connectivity index (χ3n) is 5.09. The minimum Gasteiger partial charge on any atom is -0.348 e. The second-order valence-corrected chi connectivity index (χ2v) is 8.55. The molecule has 0 aliphatic rings. The van der Waals surface area contributed by atoms with Crippen LogP contribution in [0, 0.1) is 6.92 Å². The summed E-state index contributed by atoms with van der Waals surface area (Å²) < 4.78 is 1.63. The summed E-state index contributed by atoms with van der Waals surface area (Å²) in [5.41, 5.74) is 3.05. The van der Waals surface area contributed by atoms with Crippen molar-refractivity contribution < 1.29 is 4.79 Å². The molecule has 156 valence electrons. The van der Waals surface area contributed by atoms with Gasteiger partial charge in [0.05, 0.1) is 16.6 Å². The number of fused-ring (bicyclic) bond motifs is 1. The van der Waals surface area contributed by atoms with E-state index in [1.807, 2.05) is 79.7 Å². The zero-order valence-electron chi connectivity index (χ0n) is 17.6. The number of rotatable bonds is 5. The van der Waals surface area contributed by atoms with E-state index in [1.54, 1.807) is 29.6 Å². The largest absolute Gasteiger partial charge is 0.348 e. The molecule has 1 heterocycles. The van der Waals surface area contributed by atoms with Gasteiger partial charge in [-0.25, -0.2) is 4.98 Å². The van der Waals surface area contributed by atoms with Crippen molar-refractivity contribution in [2.45, 2.75) is 17.3 Å². The Balaban J connectivity index is 1.95. The van der Waals surface area contributed by atoms with Crippen LogP contribution in [0.1, 0.15) is 16.4 Å². The van der Waals surface area contributed by atoms with Gasteiger partial charge in [0.25, 0.3) is 5.56 Å². The number of thioether (sulfide) groups is 1. The molecule has 4 rings (SSSR count). The Labute approximate surface area is 185 Å². The molecule has 0 aliphatic heterocycles. The molecular weight excluding hydrogens is 406 g/mol. The number of hydrogen-bond donors (Lipinski definition) is 0. The van der Waals surface area contributed by atoms with Gasteiger partial charge >= 0.3 is 0 Å². The van der Waals surface area contributed by atoms with Crippen LogP contribution in [0.5, 0.6) is 0 Å². The van der Waals surface area contributed by atoms with Crippen LogP contribution in [-0.4, -0.2) is 34.5 Å². The summed E-state index contributed by atoms with van der Waals surface area (Å²) in [5.74, 6) is -0.0602. The lowest BCUT2D eigenvalue weighted by molar-refractivity contribution is -0.128. The van der Waals surface area contributed by atoms with Gasteiger partial charge in [-0.05, 0) is 36.2 Å². The summed E-state index contributed by atoms with van der Waals surface area (Å²) in [4.78, 5) is 33.0. The third kappa shape index (κ3) is 4.11. The predicted molar refractivity (Wildman–Crippen MR) is 126 cm³/mol. The van der Waals surface area contributed by atoms with Gasteiger partial charge in [0.2, 0.25) is 5.91 Å². The average Bonchev–Trinajstić information content (AvgIpc) is 2.78. The van der Waals surface area contributed by atoms with E-state index in [1.165, 1.54) is 11.8 Å². The van der Waals surface area contributed by atoms with E-state index in [0.717, 1.165) is 16.8 Å². The van der Waals surface area contributed by atoms with E-state index in [4.69, 9.17) is 4.98 Å². The third-order valence-corrected chi connectivity index (χ3v) is 6.29.